The van der Waals surface area contributed by atoms with Crippen LogP contribution < -0.4 is 0 Å². The van der Waals surface area contributed by atoms with Gasteiger partial charge in [-0.25, -0.2) is 0 Å². The van der Waals surface area contributed by atoms with Gasteiger partial charge in [-0.15, -0.1) is 0 Å². The van der Waals surface area contributed by atoms with Gasteiger partial charge in [0.15, 0.2) is 0 Å². The molecule has 2 heteroatoms. The molecule has 1 nitrogen and oxygen atoms in total. The summed E-state index contributed by atoms with van der Waals surface area (Å²) in [5, 5.41) is 8.30. The van der Waals surface area contributed by atoms with Crippen LogP contribution in [0.2, 0.25) is 0 Å². The first kappa shape index (κ1) is 11.1. The van der Waals surface area contributed by atoms with Crippen LogP contribution in [0.3, 0.4) is 0 Å². The van der Waals surface area contributed by atoms with E-state index in [1.54, 1.807) is 0 Å². The SMILES string of the molecule is CCCC(C)=CO.[MgH2]. The van der Waals surface area contributed by atoms with Gasteiger partial charge >= 0.3 is 23.1 Å². The van der Waals surface area contributed by atoms with Gasteiger partial charge in [0.05, 0.1) is 6.26 Å². The van der Waals surface area contributed by atoms with Gasteiger partial charge in [-0.3, -0.25) is 0 Å². The van der Waals surface area contributed by atoms with Gasteiger partial charge in [0.2, 0.25) is 0 Å². The summed E-state index contributed by atoms with van der Waals surface area (Å²) in [4.78, 5) is 0. The largest absolute Gasteiger partial charge is 0.516 e. The molecule has 0 spiro atoms. The Morgan fingerprint density at radius 3 is 2.25 bits per heavy atom. The lowest BCUT2D eigenvalue weighted by atomic mass is 10.2. The van der Waals surface area contributed by atoms with Crippen molar-refractivity contribution in [1.29, 1.82) is 0 Å². The van der Waals surface area contributed by atoms with Crippen LogP contribution in [0.15, 0.2) is 11.8 Å². The van der Waals surface area contributed by atoms with Gasteiger partial charge in [0.1, 0.15) is 0 Å². The third-order valence-corrected chi connectivity index (χ3v) is 0.865. The van der Waals surface area contributed by atoms with Gasteiger partial charge in [0.25, 0.3) is 0 Å². The van der Waals surface area contributed by atoms with Crippen LogP contribution in [0.25, 0.3) is 0 Å². The maximum Gasteiger partial charge on any atom is 0.316 e. The highest BCUT2D eigenvalue weighted by Crippen LogP contribution is 1.99. The third kappa shape index (κ3) is 6.31. The first-order valence-electron chi connectivity index (χ1n) is 2.61. The zero-order chi connectivity index (χ0) is 5.70. The second-order valence-corrected chi connectivity index (χ2v) is 1.73. The molecule has 0 fully saturated rings. The van der Waals surface area contributed by atoms with Crippen molar-refractivity contribution >= 4 is 23.1 Å². The van der Waals surface area contributed by atoms with Crippen molar-refractivity contribution in [3.63, 3.8) is 0 Å². The Morgan fingerprint density at radius 1 is 1.62 bits per heavy atom. The Bertz CT molecular complexity index is 68.9. The van der Waals surface area contributed by atoms with E-state index in [0.717, 1.165) is 18.4 Å². The number of aliphatic hydroxyl groups is 1. The molecule has 0 saturated carbocycles. The van der Waals surface area contributed by atoms with E-state index in [1.165, 1.54) is 6.26 Å². The molecule has 0 aliphatic rings. The highest BCUT2D eigenvalue weighted by atomic mass is 24.3. The molecular formula is C6H14MgO. The monoisotopic (exact) mass is 126 g/mol. The Balaban J connectivity index is 0. The zero-order valence-electron chi connectivity index (χ0n) is 4.94. The predicted molar refractivity (Wildman–Crippen MR) is 39.8 cm³/mol. The summed E-state index contributed by atoms with van der Waals surface area (Å²) in [6.07, 6.45) is 3.29. The molecule has 0 aliphatic heterocycles. The quantitative estimate of drug-likeness (QED) is 0.437. The van der Waals surface area contributed by atoms with Crippen molar-refractivity contribution in [3.05, 3.63) is 11.8 Å². The Morgan fingerprint density at radius 2 is 2.12 bits per heavy atom. The van der Waals surface area contributed by atoms with E-state index in [9.17, 15) is 0 Å². The van der Waals surface area contributed by atoms with E-state index in [0.29, 0.717) is 0 Å². The molecule has 46 valence electrons. The minimum atomic E-state index is 0. The van der Waals surface area contributed by atoms with Gasteiger partial charge < -0.3 is 5.11 Å². The molecule has 0 heterocycles. The second kappa shape index (κ2) is 7.31. The Kier molecular flexibility index (Phi) is 10.2. The summed E-state index contributed by atoms with van der Waals surface area (Å²) in [6.45, 7) is 4.01. The number of allylic oxidation sites excluding steroid dienone is 1. The molecule has 0 aromatic rings. The summed E-state index contributed by atoms with van der Waals surface area (Å²) >= 11 is 0. The van der Waals surface area contributed by atoms with Crippen LogP contribution in [0.4, 0.5) is 0 Å². The zero-order valence-corrected chi connectivity index (χ0v) is 4.94. The maximum absolute atomic E-state index is 8.30. The van der Waals surface area contributed by atoms with E-state index in [1.807, 2.05) is 6.92 Å². The molecular weight excluding hydrogens is 112 g/mol. The van der Waals surface area contributed by atoms with E-state index in [4.69, 9.17) is 5.11 Å². The second-order valence-electron chi connectivity index (χ2n) is 1.73. The van der Waals surface area contributed by atoms with E-state index in [2.05, 4.69) is 6.92 Å². The van der Waals surface area contributed by atoms with Crippen LogP contribution in [0, 0.1) is 0 Å². The third-order valence-electron chi connectivity index (χ3n) is 0.865. The molecule has 0 aromatic heterocycles. The number of rotatable bonds is 2. The Labute approximate surface area is 66.9 Å². The summed E-state index contributed by atoms with van der Waals surface area (Å²) in [5.41, 5.74) is 1.06. The van der Waals surface area contributed by atoms with Crippen LogP contribution >= 0.6 is 0 Å². The van der Waals surface area contributed by atoms with Gasteiger partial charge in [-0.2, -0.15) is 0 Å². The fourth-order valence-corrected chi connectivity index (χ4v) is 0.459. The maximum atomic E-state index is 8.30. The molecule has 0 aromatic carbocycles. The van der Waals surface area contributed by atoms with Crippen molar-refractivity contribution in [3.8, 4) is 0 Å². The molecule has 0 radical (unpaired) electrons. The van der Waals surface area contributed by atoms with E-state index in [-0.39, 0.29) is 23.1 Å². The summed E-state index contributed by atoms with van der Waals surface area (Å²) < 4.78 is 0. The number of hydrogen-bond donors (Lipinski definition) is 1. The van der Waals surface area contributed by atoms with Crippen molar-refractivity contribution in [2.45, 2.75) is 26.7 Å². The van der Waals surface area contributed by atoms with Gasteiger partial charge in [-0.05, 0) is 18.9 Å². The average Bonchev–Trinajstić information content (AvgIpc) is 1.68. The molecule has 0 saturated heterocycles. The van der Waals surface area contributed by atoms with Crippen molar-refractivity contribution in [2.24, 2.45) is 0 Å². The summed E-state index contributed by atoms with van der Waals surface area (Å²) in [7, 11) is 0. The summed E-state index contributed by atoms with van der Waals surface area (Å²) in [6, 6.07) is 0. The molecule has 0 bridgehead atoms. The van der Waals surface area contributed by atoms with Crippen LogP contribution in [-0.2, 0) is 0 Å². The normalized spacial score (nSPS) is 10.5. The minimum Gasteiger partial charge on any atom is -0.516 e. The van der Waals surface area contributed by atoms with Gasteiger partial charge in [-0.1, -0.05) is 13.3 Å². The van der Waals surface area contributed by atoms with E-state index < -0.39 is 0 Å². The highest BCUT2D eigenvalue weighted by molar-refractivity contribution is 5.75. The molecule has 0 amide bonds. The lowest BCUT2D eigenvalue weighted by Gasteiger charge is -1.89. The molecule has 8 heavy (non-hydrogen) atoms. The fourth-order valence-electron chi connectivity index (χ4n) is 0.459. The van der Waals surface area contributed by atoms with Crippen LogP contribution in [-0.4, -0.2) is 28.2 Å². The smallest absolute Gasteiger partial charge is 0.316 e. The molecule has 0 unspecified atom stereocenters. The summed E-state index contributed by atoms with van der Waals surface area (Å²) in [5.74, 6) is 0. The van der Waals surface area contributed by atoms with Crippen LogP contribution in [0.1, 0.15) is 26.7 Å². The first-order valence-corrected chi connectivity index (χ1v) is 2.61. The lowest BCUT2D eigenvalue weighted by Crippen LogP contribution is -1.71. The lowest BCUT2D eigenvalue weighted by molar-refractivity contribution is 0.464. The highest BCUT2D eigenvalue weighted by Gasteiger charge is 1.81. The standard InChI is InChI=1S/C6H12O.Mg.2H/c1-3-4-6(2)5-7;;;/h5,7H,3-4H2,1-2H3;;;. The first-order chi connectivity index (χ1) is 3.31. The minimum absolute atomic E-state index is 0. The topological polar surface area (TPSA) is 20.2 Å². The van der Waals surface area contributed by atoms with E-state index >= 15 is 0 Å². The fraction of sp³-hybridized carbons (Fsp3) is 0.667. The molecule has 1 N–H and O–H groups in total. The molecule has 0 aliphatic carbocycles. The van der Waals surface area contributed by atoms with Crippen LogP contribution in [0.5, 0.6) is 0 Å². The number of hydrogen-bond acceptors (Lipinski definition) is 1. The van der Waals surface area contributed by atoms with Crippen molar-refractivity contribution in [2.75, 3.05) is 0 Å². The molecule has 0 rings (SSSR count). The number of aliphatic hydroxyl groups excluding tert-OH is 1. The predicted octanol–water partition coefficient (Wildman–Crippen LogP) is 1.33. The Hall–Kier alpha value is 0.306. The average molecular weight is 126 g/mol. The molecule has 0 atom stereocenters. The van der Waals surface area contributed by atoms with Gasteiger partial charge in [0, 0.05) is 0 Å². The van der Waals surface area contributed by atoms with Crippen molar-refractivity contribution in [1.82, 2.24) is 0 Å². The van der Waals surface area contributed by atoms with Crippen molar-refractivity contribution < 1.29 is 5.11 Å².